The Labute approximate surface area is 276 Å². The average molecular weight is 662 g/mol. The molecule has 0 saturated carbocycles. The van der Waals surface area contributed by atoms with Crippen LogP contribution in [0.2, 0.25) is 0 Å². The third kappa shape index (κ3) is 8.68. The molecule has 0 aromatic heterocycles. The number of rotatable bonds is 14. The van der Waals surface area contributed by atoms with Crippen LogP contribution in [-0.2, 0) is 32.6 Å². The first-order valence-electron chi connectivity index (χ1n) is 15.1. The maximum absolute atomic E-state index is 15.1. The zero-order valence-corrected chi connectivity index (χ0v) is 28.0. The van der Waals surface area contributed by atoms with Crippen molar-refractivity contribution in [3.05, 3.63) is 120 Å². The van der Waals surface area contributed by atoms with Gasteiger partial charge in [-0.3, -0.25) is 13.9 Å². The summed E-state index contributed by atoms with van der Waals surface area (Å²) in [4.78, 5) is 29.4. The molecule has 0 spiro atoms. The van der Waals surface area contributed by atoms with Crippen molar-refractivity contribution in [2.45, 2.75) is 50.7 Å². The molecule has 0 aliphatic rings. The first-order chi connectivity index (χ1) is 22.4. The average Bonchev–Trinajstić information content (AvgIpc) is 3.06. The molecule has 1 atom stereocenters. The standard InChI is InChI=1S/C36H40FN3O6S/c1-25(2)38-36(42)32(21-27-11-7-6-8-12-27)39(23-28-13-9-10-14-31(28)37)35(41)24-40(29-17-15-26(3)16-18-29)47(43,44)30-19-20-33(45-4)34(22-30)46-5/h6-20,22,25,32H,21,23-24H2,1-5H3,(H,38,42). The van der Waals surface area contributed by atoms with E-state index >= 15 is 4.39 Å². The summed E-state index contributed by atoms with van der Waals surface area (Å²) < 4.78 is 55.3. The van der Waals surface area contributed by atoms with Crippen LogP contribution in [0.15, 0.2) is 102 Å². The number of carbonyl (C=O) groups excluding carboxylic acids is 2. The second kappa shape index (κ2) is 15.6. The Hall–Kier alpha value is -4.90. The lowest BCUT2D eigenvalue weighted by Gasteiger charge is -2.34. The largest absolute Gasteiger partial charge is 0.493 e. The van der Waals surface area contributed by atoms with Gasteiger partial charge in [-0.2, -0.15) is 0 Å². The minimum Gasteiger partial charge on any atom is -0.493 e. The van der Waals surface area contributed by atoms with Gasteiger partial charge in [-0.25, -0.2) is 12.8 Å². The van der Waals surface area contributed by atoms with Crippen molar-refractivity contribution in [2.24, 2.45) is 0 Å². The Balaban J connectivity index is 1.83. The first kappa shape index (κ1) is 35.0. The van der Waals surface area contributed by atoms with Crippen LogP contribution < -0.4 is 19.1 Å². The quantitative estimate of drug-likeness (QED) is 0.191. The molecule has 0 aliphatic carbocycles. The van der Waals surface area contributed by atoms with Crippen molar-refractivity contribution < 1.29 is 31.9 Å². The van der Waals surface area contributed by atoms with E-state index in [1.165, 1.54) is 55.5 Å². The molecule has 0 aliphatic heterocycles. The molecule has 248 valence electrons. The topological polar surface area (TPSA) is 105 Å². The molecular formula is C36H40FN3O6S. The molecule has 47 heavy (non-hydrogen) atoms. The van der Waals surface area contributed by atoms with Crippen molar-refractivity contribution in [2.75, 3.05) is 25.1 Å². The van der Waals surface area contributed by atoms with Crippen molar-refractivity contribution >= 4 is 27.5 Å². The highest BCUT2D eigenvalue weighted by atomic mass is 32.2. The van der Waals surface area contributed by atoms with Gasteiger partial charge in [0.1, 0.15) is 18.4 Å². The third-order valence-electron chi connectivity index (χ3n) is 7.54. The molecule has 0 heterocycles. The Morgan fingerprint density at radius 1 is 0.851 bits per heavy atom. The molecule has 1 N–H and O–H groups in total. The number of nitrogens with zero attached hydrogens (tertiary/aromatic N) is 2. The number of anilines is 1. The van der Waals surface area contributed by atoms with Gasteiger partial charge < -0.3 is 19.7 Å². The lowest BCUT2D eigenvalue weighted by atomic mass is 10.0. The second-order valence-electron chi connectivity index (χ2n) is 11.3. The monoisotopic (exact) mass is 661 g/mol. The van der Waals surface area contributed by atoms with E-state index in [9.17, 15) is 18.0 Å². The number of benzene rings is 4. The Bertz CT molecular complexity index is 1780. The number of nitrogens with one attached hydrogen (secondary N) is 1. The molecule has 0 bridgehead atoms. The number of aryl methyl sites for hydroxylation is 1. The molecular weight excluding hydrogens is 621 g/mol. The maximum Gasteiger partial charge on any atom is 0.264 e. The van der Waals surface area contributed by atoms with Crippen LogP contribution in [0.1, 0.15) is 30.5 Å². The summed E-state index contributed by atoms with van der Waals surface area (Å²) in [6.07, 6.45) is 0.118. The van der Waals surface area contributed by atoms with Crippen LogP contribution in [0.4, 0.5) is 10.1 Å². The smallest absolute Gasteiger partial charge is 0.264 e. The Morgan fingerprint density at radius 2 is 1.49 bits per heavy atom. The summed E-state index contributed by atoms with van der Waals surface area (Å²) in [6, 6.07) is 24.7. The zero-order chi connectivity index (χ0) is 34.1. The van der Waals surface area contributed by atoms with Crippen LogP contribution in [-0.4, -0.2) is 58.0 Å². The maximum atomic E-state index is 15.1. The fourth-order valence-electron chi connectivity index (χ4n) is 5.09. The van der Waals surface area contributed by atoms with E-state index in [2.05, 4.69) is 5.32 Å². The SMILES string of the molecule is COc1ccc(S(=O)(=O)N(CC(=O)N(Cc2ccccc2F)C(Cc2ccccc2)C(=O)NC(C)C)c2ccc(C)cc2)cc1OC. The molecule has 11 heteroatoms. The molecule has 1 unspecified atom stereocenters. The number of methoxy groups -OCH3 is 2. The summed E-state index contributed by atoms with van der Waals surface area (Å²) >= 11 is 0. The van der Waals surface area contributed by atoms with Gasteiger partial charge >= 0.3 is 0 Å². The predicted octanol–water partition coefficient (Wildman–Crippen LogP) is 5.51. The molecule has 2 amide bonds. The van der Waals surface area contributed by atoms with E-state index < -0.39 is 40.2 Å². The Kier molecular flexibility index (Phi) is 11.6. The van der Waals surface area contributed by atoms with Gasteiger partial charge in [-0.05, 0) is 56.7 Å². The molecule has 4 rings (SSSR count). The highest BCUT2D eigenvalue weighted by Crippen LogP contribution is 2.32. The van der Waals surface area contributed by atoms with Crippen molar-refractivity contribution in [3.63, 3.8) is 0 Å². The molecule has 0 saturated heterocycles. The third-order valence-corrected chi connectivity index (χ3v) is 9.31. The summed E-state index contributed by atoms with van der Waals surface area (Å²) in [7, 11) is -1.55. The number of ether oxygens (including phenoxy) is 2. The zero-order valence-electron chi connectivity index (χ0n) is 27.1. The highest BCUT2D eigenvalue weighted by molar-refractivity contribution is 7.92. The van der Waals surface area contributed by atoms with Gasteiger partial charge in [0.25, 0.3) is 10.0 Å². The lowest BCUT2D eigenvalue weighted by molar-refractivity contribution is -0.140. The molecule has 9 nitrogen and oxygen atoms in total. The number of hydrogen-bond donors (Lipinski definition) is 1. The molecule has 4 aromatic rings. The lowest BCUT2D eigenvalue weighted by Crippen LogP contribution is -2.54. The number of amides is 2. The number of hydrogen-bond acceptors (Lipinski definition) is 6. The van der Waals surface area contributed by atoms with Gasteiger partial charge in [-0.15, -0.1) is 0 Å². The number of sulfonamides is 1. The van der Waals surface area contributed by atoms with E-state index in [0.717, 1.165) is 15.4 Å². The number of carbonyl (C=O) groups is 2. The van der Waals surface area contributed by atoms with Crippen molar-refractivity contribution in [1.82, 2.24) is 10.2 Å². The van der Waals surface area contributed by atoms with Crippen LogP contribution in [0, 0.1) is 12.7 Å². The fraction of sp³-hybridized carbons (Fsp3) is 0.278. The number of halogens is 1. The van der Waals surface area contributed by atoms with E-state index in [-0.39, 0.29) is 40.9 Å². The van der Waals surface area contributed by atoms with E-state index in [1.54, 1.807) is 44.2 Å². The summed E-state index contributed by atoms with van der Waals surface area (Å²) in [6.45, 7) is 4.52. The summed E-state index contributed by atoms with van der Waals surface area (Å²) in [5.41, 5.74) is 2.07. The van der Waals surface area contributed by atoms with Crippen LogP contribution in [0.3, 0.4) is 0 Å². The van der Waals surface area contributed by atoms with E-state index in [1.807, 2.05) is 37.3 Å². The van der Waals surface area contributed by atoms with Crippen molar-refractivity contribution in [3.8, 4) is 11.5 Å². The van der Waals surface area contributed by atoms with E-state index in [0.29, 0.717) is 5.75 Å². The molecule has 4 aromatic carbocycles. The van der Waals surface area contributed by atoms with Crippen molar-refractivity contribution in [1.29, 1.82) is 0 Å². The van der Waals surface area contributed by atoms with Crippen LogP contribution in [0.25, 0.3) is 0 Å². The predicted molar refractivity (Wildman–Crippen MR) is 179 cm³/mol. The van der Waals surface area contributed by atoms with Gasteiger partial charge in [0.15, 0.2) is 11.5 Å². The highest BCUT2D eigenvalue weighted by Gasteiger charge is 2.35. The second-order valence-corrected chi connectivity index (χ2v) is 13.2. The van der Waals surface area contributed by atoms with Gasteiger partial charge in [0.2, 0.25) is 11.8 Å². The Morgan fingerprint density at radius 3 is 2.11 bits per heavy atom. The van der Waals surface area contributed by atoms with Crippen LogP contribution >= 0.6 is 0 Å². The fourth-order valence-corrected chi connectivity index (χ4v) is 6.52. The minimum atomic E-state index is -4.38. The molecule has 0 fully saturated rings. The van der Waals surface area contributed by atoms with Gasteiger partial charge in [-0.1, -0.05) is 66.2 Å². The van der Waals surface area contributed by atoms with Gasteiger partial charge in [0, 0.05) is 30.6 Å². The van der Waals surface area contributed by atoms with E-state index in [4.69, 9.17) is 9.47 Å². The summed E-state index contributed by atoms with van der Waals surface area (Å²) in [5, 5.41) is 2.89. The first-order valence-corrected chi connectivity index (χ1v) is 16.6. The van der Waals surface area contributed by atoms with Gasteiger partial charge in [0.05, 0.1) is 24.8 Å². The van der Waals surface area contributed by atoms with Crippen LogP contribution in [0.5, 0.6) is 11.5 Å². The normalized spacial score (nSPS) is 11.9. The summed E-state index contributed by atoms with van der Waals surface area (Å²) in [5.74, 6) is -1.17. The minimum absolute atomic E-state index is 0.118. The molecule has 0 radical (unpaired) electrons.